The molecular weight excluding hydrogens is 328 g/mol. The molecular formula is C9H6Br2N2O2. The summed E-state index contributed by atoms with van der Waals surface area (Å²) in [5.74, 6) is 0.447. The van der Waals surface area contributed by atoms with Crippen LogP contribution >= 0.6 is 31.9 Å². The Morgan fingerprint density at radius 3 is 2.53 bits per heavy atom. The van der Waals surface area contributed by atoms with Gasteiger partial charge in [-0.1, -0.05) is 0 Å². The van der Waals surface area contributed by atoms with Gasteiger partial charge in [-0.25, -0.2) is 4.98 Å². The highest BCUT2D eigenvalue weighted by Gasteiger charge is 2.16. The average Bonchev–Trinajstić information content (AvgIpc) is 2.73. The first-order valence-corrected chi connectivity index (χ1v) is 5.59. The van der Waals surface area contributed by atoms with Gasteiger partial charge in [0.05, 0.1) is 10.0 Å². The highest BCUT2D eigenvalue weighted by molar-refractivity contribution is 9.11. The van der Waals surface area contributed by atoms with Gasteiger partial charge in [-0.2, -0.15) is 0 Å². The van der Waals surface area contributed by atoms with Crippen molar-refractivity contribution in [1.82, 2.24) is 9.97 Å². The minimum Gasteiger partial charge on any atom is -0.506 e. The summed E-state index contributed by atoms with van der Waals surface area (Å²) in [4.78, 5) is 6.89. The number of imidazole rings is 1. The largest absolute Gasteiger partial charge is 0.506 e. The van der Waals surface area contributed by atoms with Crippen LogP contribution in [0, 0.1) is 0 Å². The van der Waals surface area contributed by atoms with Crippen LogP contribution in [-0.2, 0) is 0 Å². The maximum atomic E-state index is 9.79. The Labute approximate surface area is 102 Å². The van der Waals surface area contributed by atoms with E-state index in [-0.39, 0.29) is 16.0 Å². The molecule has 1 aromatic heterocycles. The molecule has 0 unspecified atom stereocenters. The van der Waals surface area contributed by atoms with Crippen LogP contribution in [0.2, 0.25) is 0 Å². The van der Waals surface area contributed by atoms with Crippen LogP contribution in [0.3, 0.4) is 0 Å². The SMILES string of the molecule is Oc1c(Br)cc(-c2ncc[nH]2)c(O)c1Br. The number of aromatic nitrogens is 2. The number of H-pyrrole nitrogens is 1. The fraction of sp³-hybridized carbons (Fsp3) is 0. The minimum atomic E-state index is -0.0503. The lowest BCUT2D eigenvalue weighted by molar-refractivity contribution is 0.443. The molecule has 0 aliphatic rings. The smallest absolute Gasteiger partial charge is 0.147 e. The maximum Gasteiger partial charge on any atom is 0.147 e. The van der Waals surface area contributed by atoms with Crippen LogP contribution in [0.1, 0.15) is 0 Å². The molecule has 3 N–H and O–H groups in total. The summed E-state index contributed by atoms with van der Waals surface area (Å²) in [6.07, 6.45) is 3.24. The van der Waals surface area contributed by atoms with Crippen molar-refractivity contribution in [3.8, 4) is 22.9 Å². The zero-order chi connectivity index (χ0) is 11.0. The van der Waals surface area contributed by atoms with E-state index in [1.54, 1.807) is 18.5 Å². The van der Waals surface area contributed by atoms with Crippen LogP contribution in [0.25, 0.3) is 11.4 Å². The van der Waals surface area contributed by atoms with E-state index in [9.17, 15) is 10.2 Å². The molecule has 6 heteroatoms. The van der Waals surface area contributed by atoms with Gasteiger partial charge < -0.3 is 15.2 Å². The Morgan fingerprint density at radius 2 is 1.93 bits per heavy atom. The number of benzene rings is 1. The van der Waals surface area contributed by atoms with Crippen molar-refractivity contribution >= 4 is 31.9 Å². The number of aromatic hydroxyl groups is 2. The lowest BCUT2D eigenvalue weighted by Crippen LogP contribution is -1.84. The van der Waals surface area contributed by atoms with Gasteiger partial charge in [-0.15, -0.1) is 0 Å². The molecule has 0 saturated carbocycles. The van der Waals surface area contributed by atoms with Gasteiger partial charge >= 0.3 is 0 Å². The summed E-state index contributed by atoms with van der Waals surface area (Å²) in [5, 5.41) is 19.3. The molecule has 0 amide bonds. The second-order valence-electron chi connectivity index (χ2n) is 2.85. The van der Waals surface area contributed by atoms with Gasteiger partial charge in [0.25, 0.3) is 0 Å². The van der Waals surface area contributed by atoms with Gasteiger partial charge in [-0.05, 0) is 37.9 Å². The highest BCUT2D eigenvalue weighted by Crippen LogP contribution is 2.44. The zero-order valence-corrected chi connectivity index (χ0v) is 10.5. The number of aromatic amines is 1. The summed E-state index contributed by atoms with van der Waals surface area (Å²) in [7, 11) is 0. The normalized spacial score (nSPS) is 10.5. The van der Waals surface area contributed by atoms with E-state index in [4.69, 9.17) is 0 Å². The van der Waals surface area contributed by atoms with Crippen LogP contribution < -0.4 is 0 Å². The molecule has 4 nitrogen and oxygen atoms in total. The molecule has 0 saturated heterocycles. The van der Waals surface area contributed by atoms with Gasteiger partial charge in [0, 0.05) is 12.4 Å². The van der Waals surface area contributed by atoms with Crippen molar-refractivity contribution in [3.63, 3.8) is 0 Å². The van der Waals surface area contributed by atoms with Gasteiger partial charge in [0.15, 0.2) is 0 Å². The minimum absolute atomic E-state index is 0.0391. The number of phenols is 2. The predicted molar refractivity (Wildman–Crippen MR) is 62.8 cm³/mol. The lowest BCUT2D eigenvalue weighted by atomic mass is 10.2. The number of hydrogen-bond donors (Lipinski definition) is 3. The summed E-state index contributed by atoms with van der Waals surface area (Å²) in [6, 6.07) is 1.59. The van der Waals surface area contributed by atoms with Crippen molar-refractivity contribution in [1.29, 1.82) is 0 Å². The van der Waals surface area contributed by atoms with E-state index in [0.717, 1.165) is 0 Å². The predicted octanol–water partition coefficient (Wildman–Crippen LogP) is 3.01. The fourth-order valence-electron chi connectivity index (χ4n) is 1.19. The standard InChI is InChI=1S/C9H6Br2N2O2/c10-5-3-4(9-12-1-2-13-9)7(14)6(11)8(5)15/h1-3,14-15H,(H,12,13). The Morgan fingerprint density at radius 1 is 1.20 bits per heavy atom. The third kappa shape index (κ3) is 1.74. The maximum absolute atomic E-state index is 9.79. The summed E-state index contributed by atoms with van der Waals surface area (Å²) < 4.78 is 0.724. The third-order valence-corrected chi connectivity index (χ3v) is 3.28. The molecule has 1 heterocycles. The molecule has 0 aliphatic carbocycles. The average molecular weight is 334 g/mol. The Bertz CT molecular complexity index is 497. The molecule has 0 radical (unpaired) electrons. The molecule has 15 heavy (non-hydrogen) atoms. The van der Waals surface area contributed by atoms with Crippen LogP contribution in [-0.4, -0.2) is 20.2 Å². The second-order valence-corrected chi connectivity index (χ2v) is 4.50. The first-order valence-electron chi connectivity index (χ1n) is 4.01. The van der Waals surface area contributed by atoms with Crippen molar-refractivity contribution in [2.24, 2.45) is 0 Å². The number of halogens is 2. The highest BCUT2D eigenvalue weighted by atomic mass is 79.9. The van der Waals surface area contributed by atoms with E-state index in [1.807, 2.05) is 0 Å². The quantitative estimate of drug-likeness (QED) is 0.751. The van der Waals surface area contributed by atoms with Crippen LogP contribution in [0.5, 0.6) is 11.5 Å². The van der Waals surface area contributed by atoms with Crippen LogP contribution in [0.15, 0.2) is 27.4 Å². The van der Waals surface area contributed by atoms with E-state index in [0.29, 0.717) is 15.9 Å². The van der Waals surface area contributed by atoms with E-state index in [1.165, 1.54) is 0 Å². The zero-order valence-electron chi connectivity index (χ0n) is 7.33. The fourth-order valence-corrected chi connectivity index (χ4v) is 2.31. The van der Waals surface area contributed by atoms with Crippen molar-refractivity contribution in [2.45, 2.75) is 0 Å². The van der Waals surface area contributed by atoms with Gasteiger partial charge in [0.1, 0.15) is 21.8 Å². The number of rotatable bonds is 1. The third-order valence-electron chi connectivity index (χ3n) is 1.92. The number of phenolic OH excluding ortho intramolecular Hbond substituents is 2. The van der Waals surface area contributed by atoms with Gasteiger partial charge in [-0.3, -0.25) is 0 Å². The number of nitrogens with zero attached hydrogens (tertiary/aromatic N) is 1. The molecule has 0 bridgehead atoms. The van der Waals surface area contributed by atoms with Crippen LogP contribution in [0.4, 0.5) is 0 Å². The first kappa shape index (κ1) is 10.5. The molecule has 0 spiro atoms. The molecule has 0 atom stereocenters. The molecule has 78 valence electrons. The number of nitrogens with one attached hydrogen (secondary N) is 1. The molecule has 0 aliphatic heterocycles. The van der Waals surface area contributed by atoms with Gasteiger partial charge in [0.2, 0.25) is 0 Å². The molecule has 2 aromatic rings. The van der Waals surface area contributed by atoms with Crippen molar-refractivity contribution in [2.75, 3.05) is 0 Å². The Kier molecular flexibility index (Phi) is 2.70. The number of hydrogen-bond acceptors (Lipinski definition) is 3. The monoisotopic (exact) mass is 332 g/mol. The molecule has 2 rings (SSSR count). The van der Waals surface area contributed by atoms with E-state index >= 15 is 0 Å². The van der Waals surface area contributed by atoms with Crippen molar-refractivity contribution in [3.05, 3.63) is 27.4 Å². The molecule has 0 fully saturated rings. The topological polar surface area (TPSA) is 69.1 Å². The summed E-state index contributed by atoms with van der Waals surface area (Å²) in [5.41, 5.74) is 0.511. The second kappa shape index (κ2) is 3.86. The first-order chi connectivity index (χ1) is 7.11. The van der Waals surface area contributed by atoms with E-state index in [2.05, 4.69) is 41.8 Å². The molecule has 1 aromatic carbocycles. The summed E-state index contributed by atoms with van der Waals surface area (Å²) in [6.45, 7) is 0. The van der Waals surface area contributed by atoms with E-state index < -0.39 is 0 Å². The summed E-state index contributed by atoms with van der Waals surface area (Å²) >= 11 is 6.28. The lowest BCUT2D eigenvalue weighted by Gasteiger charge is -2.07. The van der Waals surface area contributed by atoms with Crippen molar-refractivity contribution < 1.29 is 10.2 Å². The Hall–Kier alpha value is -1.01. The Balaban J connectivity index is 2.69.